The number of ketones is 1. The number of esters is 1. The Hall–Kier alpha value is -1.32. The molecule has 0 aromatic carbocycles. The van der Waals surface area contributed by atoms with Gasteiger partial charge in [0.05, 0.1) is 12.9 Å². The van der Waals surface area contributed by atoms with Crippen LogP contribution in [-0.4, -0.2) is 24.0 Å². The van der Waals surface area contributed by atoms with E-state index in [1.54, 1.807) is 0 Å². The molecule has 0 amide bonds. The summed E-state index contributed by atoms with van der Waals surface area (Å²) < 4.78 is 4.56. The summed E-state index contributed by atoms with van der Waals surface area (Å²) >= 11 is 0. The molecule has 4 nitrogen and oxygen atoms in total. The molecule has 0 spiro atoms. The van der Waals surface area contributed by atoms with E-state index >= 15 is 0 Å². The predicted molar refractivity (Wildman–Crippen MR) is 68.2 cm³/mol. The van der Waals surface area contributed by atoms with E-state index in [-0.39, 0.29) is 11.8 Å². The zero-order valence-corrected chi connectivity index (χ0v) is 11.0. The fourth-order valence-corrected chi connectivity index (χ4v) is 2.18. The van der Waals surface area contributed by atoms with Crippen LogP contribution in [0, 0.1) is 0 Å². The summed E-state index contributed by atoms with van der Waals surface area (Å²) in [6.07, 6.45) is 7.07. The monoisotopic (exact) mass is 254 g/mol. The topological polar surface area (TPSA) is 63.6 Å². The number of unbranched alkanes of at least 4 members (excludes halogenated alkanes) is 4. The minimum atomic E-state index is -0.151. The lowest BCUT2D eigenvalue weighted by molar-refractivity contribution is -0.140. The van der Waals surface area contributed by atoms with Gasteiger partial charge in [0.25, 0.3) is 0 Å². The summed E-state index contributed by atoms with van der Waals surface area (Å²) in [5.41, 5.74) is 0.643. The lowest BCUT2D eigenvalue weighted by atomic mass is 10.0. The second kappa shape index (κ2) is 7.90. The Labute approximate surface area is 108 Å². The Kier molecular flexibility index (Phi) is 6.47. The fraction of sp³-hybridized carbons (Fsp3) is 0.714. The number of hydrogen-bond donors (Lipinski definition) is 1. The Morgan fingerprint density at radius 3 is 2.44 bits per heavy atom. The SMILES string of the molecule is COC(=O)CCCCCCCC1=C(O)CCC1=O. The first-order chi connectivity index (χ1) is 8.65. The van der Waals surface area contributed by atoms with E-state index in [0.717, 1.165) is 32.1 Å². The van der Waals surface area contributed by atoms with Crippen molar-refractivity contribution in [1.82, 2.24) is 0 Å². The quantitative estimate of drug-likeness (QED) is 0.534. The van der Waals surface area contributed by atoms with Gasteiger partial charge in [0.2, 0.25) is 0 Å². The number of carbonyl (C=O) groups is 2. The number of ether oxygens (including phenoxy) is 1. The van der Waals surface area contributed by atoms with Crippen LogP contribution in [0.2, 0.25) is 0 Å². The maximum atomic E-state index is 11.4. The molecule has 1 aliphatic carbocycles. The van der Waals surface area contributed by atoms with Crippen molar-refractivity contribution in [3.63, 3.8) is 0 Å². The molecule has 0 aromatic rings. The molecule has 1 rings (SSSR count). The molecule has 1 N–H and O–H groups in total. The molecule has 0 atom stereocenters. The molecule has 0 saturated heterocycles. The second-order valence-electron chi connectivity index (χ2n) is 4.69. The van der Waals surface area contributed by atoms with Gasteiger partial charge < -0.3 is 9.84 Å². The maximum Gasteiger partial charge on any atom is 0.305 e. The first kappa shape index (κ1) is 14.7. The number of aliphatic hydroxyl groups is 1. The first-order valence-corrected chi connectivity index (χ1v) is 6.66. The molecular formula is C14H22O4. The molecular weight excluding hydrogens is 232 g/mol. The van der Waals surface area contributed by atoms with Gasteiger partial charge in [-0.1, -0.05) is 19.3 Å². The molecule has 0 radical (unpaired) electrons. The van der Waals surface area contributed by atoms with Crippen molar-refractivity contribution >= 4 is 11.8 Å². The number of hydrogen-bond acceptors (Lipinski definition) is 4. The van der Waals surface area contributed by atoms with Gasteiger partial charge in [0.15, 0.2) is 5.78 Å². The highest BCUT2D eigenvalue weighted by Crippen LogP contribution is 2.25. The molecule has 0 aromatic heterocycles. The van der Waals surface area contributed by atoms with Crippen LogP contribution in [0.3, 0.4) is 0 Å². The molecule has 18 heavy (non-hydrogen) atoms. The molecule has 1 aliphatic rings. The van der Waals surface area contributed by atoms with Gasteiger partial charge in [-0.3, -0.25) is 9.59 Å². The Balaban J connectivity index is 2.01. The molecule has 102 valence electrons. The first-order valence-electron chi connectivity index (χ1n) is 6.66. The summed E-state index contributed by atoms with van der Waals surface area (Å²) in [5, 5.41) is 9.50. The summed E-state index contributed by atoms with van der Waals surface area (Å²) in [4.78, 5) is 22.2. The smallest absolute Gasteiger partial charge is 0.305 e. The van der Waals surface area contributed by atoms with Crippen molar-refractivity contribution in [1.29, 1.82) is 0 Å². The normalized spacial score (nSPS) is 15.3. The molecule has 4 heteroatoms. The molecule has 0 bridgehead atoms. The highest BCUT2D eigenvalue weighted by Gasteiger charge is 2.21. The third-order valence-electron chi connectivity index (χ3n) is 3.31. The van der Waals surface area contributed by atoms with Gasteiger partial charge in [-0.15, -0.1) is 0 Å². The summed E-state index contributed by atoms with van der Waals surface area (Å²) in [7, 11) is 1.40. The number of aliphatic hydroxyl groups excluding tert-OH is 1. The number of Topliss-reactive ketones (excluding diaryl/α,β-unsaturated/α-hetero) is 1. The Morgan fingerprint density at radius 1 is 1.17 bits per heavy atom. The van der Waals surface area contributed by atoms with Gasteiger partial charge in [-0.05, 0) is 19.3 Å². The van der Waals surface area contributed by atoms with Gasteiger partial charge >= 0.3 is 5.97 Å². The number of allylic oxidation sites excluding steroid dienone is 2. The average molecular weight is 254 g/mol. The molecule has 0 unspecified atom stereocenters. The van der Waals surface area contributed by atoms with Crippen LogP contribution in [0.25, 0.3) is 0 Å². The van der Waals surface area contributed by atoms with E-state index in [9.17, 15) is 14.7 Å². The fourth-order valence-electron chi connectivity index (χ4n) is 2.18. The van der Waals surface area contributed by atoms with Crippen LogP contribution in [-0.2, 0) is 14.3 Å². The molecule has 0 saturated carbocycles. The predicted octanol–water partition coefficient (Wildman–Crippen LogP) is 3.07. The van der Waals surface area contributed by atoms with Gasteiger partial charge in [0.1, 0.15) is 0 Å². The van der Waals surface area contributed by atoms with Gasteiger partial charge in [0, 0.05) is 24.8 Å². The highest BCUT2D eigenvalue weighted by molar-refractivity contribution is 5.98. The van der Waals surface area contributed by atoms with Crippen molar-refractivity contribution < 1.29 is 19.4 Å². The number of rotatable bonds is 8. The van der Waals surface area contributed by atoms with Crippen LogP contribution in [0.5, 0.6) is 0 Å². The van der Waals surface area contributed by atoms with Crippen LogP contribution in [0.4, 0.5) is 0 Å². The Morgan fingerprint density at radius 2 is 1.83 bits per heavy atom. The lowest BCUT2D eigenvalue weighted by Crippen LogP contribution is -1.99. The largest absolute Gasteiger partial charge is 0.512 e. The van der Waals surface area contributed by atoms with Crippen molar-refractivity contribution in [3.05, 3.63) is 11.3 Å². The van der Waals surface area contributed by atoms with E-state index in [1.807, 2.05) is 0 Å². The lowest BCUT2D eigenvalue weighted by Gasteiger charge is -2.03. The zero-order valence-electron chi connectivity index (χ0n) is 11.0. The van der Waals surface area contributed by atoms with Gasteiger partial charge in [-0.2, -0.15) is 0 Å². The number of methoxy groups -OCH3 is 1. The van der Waals surface area contributed by atoms with E-state index in [1.165, 1.54) is 7.11 Å². The summed E-state index contributed by atoms with van der Waals surface area (Å²) in [5.74, 6) is 0.255. The van der Waals surface area contributed by atoms with E-state index in [4.69, 9.17) is 0 Å². The van der Waals surface area contributed by atoms with Crippen LogP contribution < -0.4 is 0 Å². The molecule has 0 aliphatic heterocycles. The third-order valence-corrected chi connectivity index (χ3v) is 3.31. The molecule has 0 fully saturated rings. The summed E-state index contributed by atoms with van der Waals surface area (Å²) in [6, 6.07) is 0. The average Bonchev–Trinajstić information content (AvgIpc) is 2.68. The van der Waals surface area contributed by atoms with Crippen LogP contribution in [0.15, 0.2) is 11.3 Å². The van der Waals surface area contributed by atoms with Crippen LogP contribution in [0.1, 0.15) is 57.8 Å². The second-order valence-corrected chi connectivity index (χ2v) is 4.69. The molecule has 0 heterocycles. The van der Waals surface area contributed by atoms with Crippen molar-refractivity contribution in [2.75, 3.05) is 7.11 Å². The minimum Gasteiger partial charge on any atom is -0.512 e. The standard InChI is InChI=1S/C14H22O4/c1-18-14(17)8-6-4-2-3-5-7-11-12(15)9-10-13(11)16/h15H,2-10H2,1H3. The van der Waals surface area contributed by atoms with Crippen molar-refractivity contribution in [2.45, 2.75) is 57.8 Å². The minimum absolute atomic E-state index is 0.109. The third kappa shape index (κ3) is 4.90. The Bertz CT molecular complexity index is 331. The highest BCUT2D eigenvalue weighted by atomic mass is 16.5. The van der Waals surface area contributed by atoms with Crippen molar-refractivity contribution in [2.24, 2.45) is 0 Å². The van der Waals surface area contributed by atoms with Crippen LogP contribution >= 0.6 is 0 Å². The van der Waals surface area contributed by atoms with E-state index in [2.05, 4.69) is 4.74 Å². The maximum absolute atomic E-state index is 11.4. The van der Waals surface area contributed by atoms with E-state index in [0.29, 0.717) is 37.0 Å². The van der Waals surface area contributed by atoms with Gasteiger partial charge in [-0.25, -0.2) is 0 Å². The zero-order chi connectivity index (χ0) is 13.4. The summed E-state index contributed by atoms with van der Waals surface area (Å²) in [6.45, 7) is 0. The van der Waals surface area contributed by atoms with Crippen molar-refractivity contribution in [3.8, 4) is 0 Å². The van der Waals surface area contributed by atoms with E-state index < -0.39 is 0 Å². The number of carbonyl (C=O) groups excluding carboxylic acids is 2.